The lowest BCUT2D eigenvalue weighted by Gasteiger charge is -2.39. The highest BCUT2D eigenvalue weighted by Gasteiger charge is 2.39. The summed E-state index contributed by atoms with van der Waals surface area (Å²) in [5.74, 6) is 1.53. The zero-order valence-corrected chi connectivity index (χ0v) is 13.9. The SMILES string of the molecule is C=C(C(CC(C)C)NCC)N1CC(CC)CC1(C)C. The van der Waals surface area contributed by atoms with Gasteiger partial charge in [-0.15, -0.1) is 0 Å². The summed E-state index contributed by atoms with van der Waals surface area (Å²) in [5.41, 5.74) is 1.57. The molecule has 2 nitrogen and oxygen atoms in total. The van der Waals surface area contributed by atoms with E-state index in [-0.39, 0.29) is 5.54 Å². The molecule has 0 aliphatic carbocycles. The summed E-state index contributed by atoms with van der Waals surface area (Å²) in [6.07, 6.45) is 3.75. The van der Waals surface area contributed by atoms with Crippen molar-refractivity contribution in [3.8, 4) is 0 Å². The lowest BCUT2D eigenvalue weighted by molar-refractivity contribution is 0.203. The Balaban J connectivity index is 2.78. The van der Waals surface area contributed by atoms with Gasteiger partial charge in [0.05, 0.1) is 0 Å². The van der Waals surface area contributed by atoms with Crippen molar-refractivity contribution in [2.45, 2.75) is 72.4 Å². The molecule has 19 heavy (non-hydrogen) atoms. The number of nitrogens with one attached hydrogen (secondary N) is 1. The predicted octanol–water partition coefficient (Wildman–Crippen LogP) is 4.03. The average Bonchev–Trinajstić information content (AvgIpc) is 2.62. The van der Waals surface area contributed by atoms with Crippen LogP contribution >= 0.6 is 0 Å². The van der Waals surface area contributed by atoms with E-state index in [1.54, 1.807) is 0 Å². The number of nitrogens with zero attached hydrogens (tertiary/aromatic N) is 1. The second kappa shape index (κ2) is 6.78. The summed E-state index contributed by atoms with van der Waals surface area (Å²) in [6.45, 7) is 20.4. The van der Waals surface area contributed by atoms with Crippen molar-refractivity contribution in [3.05, 3.63) is 12.3 Å². The standard InChI is InChI=1S/C17H34N2/c1-8-15-11-17(6,7)19(12-15)14(5)16(18-9-2)10-13(3)4/h13,15-16,18H,5,8-12H2,1-4,6-7H3. The van der Waals surface area contributed by atoms with Crippen LogP contribution in [0.3, 0.4) is 0 Å². The molecule has 1 rings (SSSR count). The zero-order chi connectivity index (χ0) is 14.6. The van der Waals surface area contributed by atoms with E-state index < -0.39 is 0 Å². The van der Waals surface area contributed by atoms with Gasteiger partial charge in [0.2, 0.25) is 0 Å². The number of hydrogen-bond donors (Lipinski definition) is 1. The van der Waals surface area contributed by atoms with Crippen molar-refractivity contribution in [2.24, 2.45) is 11.8 Å². The zero-order valence-electron chi connectivity index (χ0n) is 13.9. The minimum absolute atomic E-state index is 0.266. The molecule has 1 saturated heterocycles. The van der Waals surface area contributed by atoms with E-state index in [1.807, 2.05) is 0 Å². The highest BCUT2D eigenvalue weighted by atomic mass is 15.2. The van der Waals surface area contributed by atoms with Crippen molar-refractivity contribution in [1.82, 2.24) is 10.2 Å². The van der Waals surface area contributed by atoms with Crippen molar-refractivity contribution in [3.63, 3.8) is 0 Å². The highest BCUT2D eigenvalue weighted by molar-refractivity contribution is 5.12. The maximum absolute atomic E-state index is 4.44. The number of likely N-dealkylation sites (tertiary alicyclic amines) is 1. The highest BCUT2D eigenvalue weighted by Crippen LogP contribution is 2.37. The summed E-state index contributed by atoms with van der Waals surface area (Å²) in [5, 5.41) is 3.62. The molecule has 0 radical (unpaired) electrons. The van der Waals surface area contributed by atoms with Crippen molar-refractivity contribution >= 4 is 0 Å². The van der Waals surface area contributed by atoms with E-state index in [2.05, 4.69) is 58.3 Å². The summed E-state index contributed by atoms with van der Waals surface area (Å²) in [4.78, 5) is 2.57. The van der Waals surface area contributed by atoms with Crippen molar-refractivity contribution in [1.29, 1.82) is 0 Å². The van der Waals surface area contributed by atoms with Gasteiger partial charge >= 0.3 is 0 Å². The molecule has 0 bridgehead atoms. The first-order valence-electron chi connectivity index (χ1n) is 8.01. The van der Waals surface area contributed by atoms with Crippen LogP contribution in [0.25, 0.3) is 0 Å². The van der Waals surface area contributed by atoms with Gasteiger partial charge in [-0.2, -0.15) is 0 Å². The minimum atomic E-state index is 0.266. The molecular formula is C17H34N2. The molecule has 112 valence electrons. The molecule has 0 aromatic heterocycles. The molecule has 2 unspecified atom stereocenters. The quantitative estimate of drug-likeness (QED) is 0.748. The summed E-state index contributed by atoms with van der Waals surface area (Å²) < 4.78 is 0. The molecule has 0 aromatic carbocycles. The maximum atomic E-state index is 4.44. The minimum Gasteiger partial charge on any atom is -0.369 e. The van der Waals surface area contributed by atoms with Crippen LogP contribution in [0.2, 0.25) is 0 Å². The molecule has 0 saturated carbocycles. The summed E-state index contributed by atoms with van der Waals surface area (Å²) in [7, 11) is 0. The van der Waals surface area contributed by atoms with Crippen LogP contribution in [0.15, 0.2) is 12.3 Å². The second-order valence-electron chi connectivity index (χ2n) is 7.13. The normalized spacial score (nSPS) is 23.9. The Morgan fingerprint density at radius 1 is 1.37 bits per heavy atom. The van der Waals surface area contributed by atoms with E-state index in [4.69, 9.17) is 0 Å². The van der Waals surface area contributed by atoms with E-state index in [0.717, 1.165) is 12.5 Å². The first kappa shape index (κ1) is 16.6. The van der Waals surface area contributed by atoms with Crippen LogP contribution in [0.4, 0.5) is 0 Å². The molecule has 0 aromatic rings. The van der Waals surface area contributed by atoms with Crippen molar-refractivity contribution < 1.29 is 0 Å². The molecule has 1 aliphatic heterocycles. The maximum Gasteiger partial charge on any atom is 0.0468 e. The van der Waals surface area contributed by atoms with Crippen LogP contribution in [0, 0.1) is 11.8 Å². The molecule has 1 N–H and O–H groups in total. The molecular weight excluding hydrogens is 232 g/mol. The van der Waals surface area contributed by atoms with E-state index >= 15 is 0 Å². The molecule has 0 spiro atoms. The van der Waals surface area contributed by atoms with Crippen LogP contribution in [0.1, 0.15) is 60.8 Å². The van der Waals surface area contributed by atoms with Gasteiger partial charge in [0.1, 0.15) is 0 Å². The molecule has 1 heterocycles. The Morgan fingerprint density at radius 2 is 2.00 bits per heavy atom. The molecule has 1 aliphatic rings. The van der Waals surface area contributed by atoms with Crippen molar-refractivity contribution in [2.75, 3.05) is 13.1 Å². The van der Waals surface area contributed by atoms with Crippen LogP contribution < -0.4 is 5.32 Å². The van der Waals surface area contributed by atoms with Gasteiger partial charge in [0.25, 0.3) is 0 Å². The van der Waals surface area contributed by atoms with Gasteiger partial charge in [-0.25, -0.2) is 0 Å². The van der Waals surface area contributed by atoms with Crippen LogP contribution in [-0.4, -0.2) is 29.6 Å². The lowest BCUT2D eigenvalue weighted by Crippen LogP contribution is -2.45. The Bertz CT molecular complexity index is 294. The fraction of sp³-hybridized carbons (Fsp3) is 0.882. The van der Waals surface area contributed by atoms with Crippen LogP contribution in [-0.2, 0) is 0 Å². The molecule has 2 heteroatoms. The summed E-state index contributed by atoms with van der Waals surface area (Å²) >= 11 is 0. The van der Waals surface area contributed by atoms with Gasteiger partial charge in [0.15, 0.2) is 0 Å². The fourth-order valence-electron chi connectivity index (χ4n) is 3.41. The first-order chi connectivity index (χ1) is 8.81. The average molecular weight is 266 g/mol. The Hall–Kier alpha value is -0.500. The Labute approximate surface area is 120 Å². The number of rotatable bonds is 7. The smallest absolute Gasteiger partial charge is 0.0468 e. The first-order valence-corrected chi connectivity index (χ1v) is 8.01. The predicted molar refractivity (Wildman–Crippen MR) is 85.2 cm³/mol. The third-order valence-electron chi connectivity index (χ3n) is 4.44. The van der Waals surface area contributed by atoms with E-state index in [1.165, 1.54) is 31.5 Å². The van der Waals surface area contributed by atoms with Gasteiger partial charge in [-0.3, -0.25) is 0 Å². The Morgan fingerprint density at radius 3 is 2.42 bits per heavy atom. The monoisotopic (exact) mass is 266 g/mol. The lowest BCUT2D eigenvalue weighted by atomic mass is 9.94. The molecule has 2 atom stereocenters. The summed E-state index contributed by atoms with van der Waals surface area (Å²) in [6, 6.07) is 0.430. The molecule has 0 amide bonds. The molecule has 1 fully saturated rings. The van der Waals surface area contributed by atoms with Gasteiger partial charge in [-0.05, 0) is 45.1 Å². The third-order valence-corrected chi connectivity index (χ3v) is 4.44. The van der Waals surface area contributed by atoms with Gasteiger partial charge in [0, 0.05) is 23.8 Å². The topological polar surface area (TPSA) is 15.3 Å². The number of hydrogen-bond acceptors (Lipinski definition) is 2. The fourth-order valence-corrected chi connectivity index (χ4v) is 3.41. The number of likely N-dealkylation sites (N-methyl/N-ethyl adjacent to an activating group) is 1. The van der Waals surface area contributed by atoms with Crippen LogP contribution in [0.5, 0.6) is 0 Å². The van der Waals surface area contributed by atoms with E-state index in [0.29, 0.717) is 12.0 Å². The second-order valence-corrected chi connectivity index (χ2v) is 7.13. The van der Waals surface area contributed by atoms with E-state index in [9.17, 15) is 0 Å². The third kappa shape index (κ3) is 4.24. The Kier molecular flexibility index (Phi) is 5.91. The van der Waals surface area contributed by atoms with Gasteiger partial charge < -0.3 is 10.2 Å². The largest absolute Gasteiger partial charge is 0.369 e. The van der Waals surface area contributed by atoms with Gasteiger partial charge in [-0.1, -0.05) is 40.7 Å².